The van der Waals surface area contributed by atoms with Crippen LogP contribution in [0.5, 0.6) is 0 Å². The number of rotatable bonds is 4. The molecule has 2 aliphatic rings. The minimum absolute atomic E-state index is 0.271. The van der Waals surface area contributed by atoms with Gasteiger partial charge >= 0.3 is 0 Å². The Balaban J connectivity index is 1.29. The first-order valence-electron chi connectivity index (χ1n) is 8.04. The Morgan fingerprint density at radius 1 is 1.43 bits per heavy atom. The largest absolute Gasteiger partial charge is 0.367 e. The molecule has 1 saturated carbocycles. The van der Waals surface area contributed by atoms with E-state index in [4.69, 9.17) is 0 Å². The van der Waals surface area contributed by atoms with Crippen LogP contribution in [0.1, 0.15) is 24.8 Å². The predicted molar refractivity (Wildman–Crippen MR) is 90.3 cm³/mol. The van der Waals surface area contributed by atoms with Gasteiger partial charge in [-0.25, -0.2) is 9.97 Å². The molecule has 5 nitrogen and oxygen atoms in total. The van der Waals surface area contributed by atoms with Crippen molar-refractivity contribution < 1.29 is 4.79 Å². The lowest BCUT2D eigenvalue weighted by Crippen LogP contribution is -2.47. The molecule has 0 aromatic carbocycles. The smallest absolute Gasteiger partial charge is 0.227 e. The van der Waals surface area contributed by atoms with E-state index in [-0.39, 0.29) is 5.91 Å². The zero-order chi connectivity index (χ0) is 15.7. The molecule has 1 aliphatic heterocycles. The molecule has 6 heteroatoms. The number of thiophene rings is 1. The third kappa shape index (κ3) is 3.08. The number of carbonyl (C=O) groups is 1. The number of carbonyl (C=O) groups excluding carboxylic acids is 1. The van der Waals surface area contributed by atoms with Crippen molar-refractivity contribution >= 4 is 23.1 Å². The van der Waals surface area contributed by atoms with Gasteiger partial charge in [0.15, 0.2) is 0 Å². The molecule has 0 bridgehead atoms. The maximum atomic E-state index is 12.4. The molecule has 1 aliphatic carbocycles. The number of nitrogens with zero attached hydrogens (tertiary/aromatic N) is 3. The highest BCUT2D eigenvalue weighted by atomic mass is 32.1. The normalized spacial score (nSPS) is 26.3. The van der Waals surface area contributed by atoms with Crippen LogP contribution in [0.15, 0.2) is 35.4 Å². The maximum Gasteiger partial charge on any atom is 0.227 e. The van der Waals surface area contributed by atoms with Gasteiger partial charge in [0.05, 0.1) is 6.42 Å². The van der Waals surface area contributed by atoms with Gasteiger partial charge in [-0.15, -0.1) is 0 Å². The van der Waals surface area contributed by atoms with Crippen molar-refractivity contribution in [2.24, 2.45) is 5.41 Å². The van der Waals surface area contributed by atoms with E-state index in [9.17, 15) is 4.79 Å². The molecule has 2 aromatic heterocycles. The van der Waals surface area contributed by atoms with Gasteiger partial charge in [-0.05, 0) is 53.1 Å². The van der Waals surface area contributed by atoms with Gasteiger partial charge in [0.1, 0.15) is 12.1 Å². The number of hydrogen-bond acceptors (Lipinski definition) is 5. The zero-order valence-corrected chi connectivity index (χ0v) is 13.8. The van der Waals surface area contributed by atoms with Gasteiger partial charge in [0.2, 0.25) is 5.91 Å². The molecule has 0 atom stereocenters. The predicted octanol–water partition coefficient (Wildman–Crippen LogP) is 2.57. The van der Waals surface area contributed by atoms with E-state index in [2.05, 4.69) is 25.6 Å². The lowest BCUT2D eigenvalue weighted by atomic mass is 9.65. The first-order valence-corrected chi connectivity index (χ1v) is 8.98. The number of likely N-dealkylation sites (tertiary alicyclic amines) is 1. The van der Waals surface area contributed by atoms with Gasteiger partial charge in [-0.2, -0.15) is 11.3 Å². The van der Waals surface area contributed by atoms with E-state index in [0.29, 0.717) is 17.9 Å². The molecular weight excluding hydrogens is 308 g/mol. The van der Waals surface area contributed by atoms with E-state index >= 15 is 0 Å². The molecule has 2 aromatic rings. The molecule has 0 unspecified atom stereocenters. The molecule has 1 saturated heterocycles. The van der Waals surface area contributed by atoms with Crippen molar-refractivity contribution in [3.63, 3.8) is 0 Å². The maximum absolute atomic E-state index is 12.4. The van der Waals surface area contributed by atoms with Gasteiger partial charge in [-0.3, -0.25) is 4.79 Å². The second kappa shape index (κ2) is 5.92. The van der Waals surface area contributed by atoms with Crippen LogP contribution in [0.2, 0.25) is 0 Å². The molecule has 4 rings (SSSR count). The van der Waals surface area contributed by atoms with Crippen molar-refractivity contribution in [2.75, 3.05) is 18.4 Å². The molecular formula is C17H20N4OS. The van der Waals surface area contributed by atoms with Gasteiger partial charge in [0.25, 0.3) is 0 Å². The number of nitrogens with one attached hydrogen (secondary N) is 1. The van der Waals surface area contributed by atoms with Gasteiger partial charge in [0, 0.05) is 25.3 Å². The van der Waals surface area contributed by atoms with Crippen LogP contribution < -0.4 is 5.32 Å². The van der Waals surface area contributed by atoms with E-state index < -0.39 is 0 Å². The van der Waals surface area contributed by atoms with Gasteiger partial charge < -0.3 is 10.2 Å². The Labute approximate surface area is 139 Å². The summed E-state index contributed by atoms with van der Waals surface area (Å²) in [5.41, 5.74) is 1.47. The fourth-order valence-corrected chi connectivity index (χ4v) is 4.50. The van der Waals surface area contributed by atoms with Crippen LogP contribution in [-0.4, -0.2) is 39.9 Å². The Bertz CT molecular complexity index is 667. The van der Waals surface area contributed by atoms with E-state index in [1.807, 2.05) is 17.5 Å². The molecule has 1 amide bonds. The van der Waals surface area contributed by atoms with Crippen molar-refractivity contribution in [2.45, 2.75) is 31.7 Å². The van der Waals surface area contributed by atoms with E-state index in [1.165, 1.54) is 0 Å². The first kappa shape index (κ1) is 14.6. The summed E-state index contributed by atoms with van der Waals surface area (Å²) in [5.74, 6) is 1.16. The summed E-state index contributed by atoms with van der Waals surface area (Å²) in [5, 5.41) is 7.55. The highest BCUT2D eigenvalue weighted by molar-refractivity contribution is 7.08. The molecule has 1 N–H and O–H groups in total. The lowest BCUT2D eigenvalue weighted by molar-refractivity contribution is -0.130. The number of amides is 1. The Morgan fingerprint density at radius 3 is 3.09 bits per heavy atom. The number of hydrogen-bond donors (Lipinski definition) is 1. The zero-order valence-electron chi connectivity index (χ0n) is 12.9. The molecule has 3 heterocycles. The molecule has 0 radical (unpaired) electrons. The Morgan fingerprint density at radius 2 is 2.35 bits per heavy atom. The van der Waals surface area contributed by atoms with Crippen molar-refractivity contribution in [1.29, 1.82) is 0 Å². The topological polar surface area (TPSA) is 58.1 Å². The van der Waals surface area contributed by atoms with E-state index in [1.54, 1.807) is 23.9 Å². The molecule has 120 valence electrons. The lowest BCUT2D eigenvalue weighted by Gasteiger charge is -2.45. The van der Waals surface area contributed by atoms with Crippen LogP contribution in [0.25, 0.3) is 0 Å². The second-order valence-corrected chi connectivity index (χ2v) is 7.50. The third-order valence-electron chi connectivity index (χ3n) is 5.02. The van der Waals surface area contributed by atoms with Crippen molar-refractivity contribution in [1.82, 2.24) is 14.9 Å². The van der Waals surface area contributed by atoms with Crippen LogP contribution in [0, 0.1) is 5.41 Å². The van der Waals surface area contributed by atoms with Crippen molar-refractivity contribution in [3.8, 4) is 0 Å². The Kier molecular flexibility index (Phi) is 3.77. The van der Waals surface area contributed by atoms with Crippen LogP contribution in [0.3, 0.4) is 0 Å². The first-order chi connectivity index (χ1) is 11.2. The third-order valence-corrected chi connectivity index (χ3v) is 5.75. The fourth-order valence-electron chi connectivity index (χ4n) is 3.83. The summed E-state index contributed by atoms with van der Waals surface area (Å²) in [7, 11) is 0. The van der Waals surface area contributed by atoms with Crippen LogP contribution >= 0.6 is 11.3 Å². The minimum Gasteiger partial charge on any atom is -0.367 e. The average molecular weight is 328 g/mol. The molecule has 2 fully saturated rings. The summed E-state index contributed by atoms with van der Waals surface area (Å²) in [6.45, 7) is 1.82. The molecule has 23 heavy (non-hydrogen) atoms. The SMILES string of the molecule is O=C(Cc1ccsc1)N1CCC2(CC(Nc3ccncn3)C2)C1. The summed E-state index contributed by atoms with van der Waals surface area (Å²) in [4.78, 5) is 22.6. The van der Waals surface area contributed by atoms with Crippen LogP contribution in [0.4, 0.5) is 5.82 Å². The van der Waals surface area contributed by atoms with Gasteiger partial charge in [-0.1, -0.05) is 0 Å². The average Bonchev–Trinajstić information content (AvgIpc) is 3.17. The summed E-state index contributed by atoms with van der Waals surface area (Å²) in [6.07, 6.45) is 7.24. The summed E-state index contributed by atoms with van der Waals surface area (Å²) >= 11 is 1.65. The Hall–Kier alpha value is -1.95. The number of anilines is 1. The summed E-state index contributed by atoms with van der Waals surface area (Å²) in [6, 6.07) is 4.41. The van der Waals surface area contributed by atoms with Crippen LogP contribution in [-0.2, 0) is 11.2 Å². The second-order valence-electron chi connectivity index (χ2n) is 6.72. The summed E-state index contributed by atoms with van der Waals surface area (Å²) < 4.78 is 0. The van der Waals surface area contributed by atoms with E-state index in [0.717, 1.165) is 43.7 Å². The standard InChI is InChI=1S/C17H20N4OS/c22-16(7-13-2-6-23-10-13)21-5-3-17(11-21)8-14(9-17)20-15-1-4-18-12-19-15/h1-2,4,6,10,12,14H,3,5,7-9,11H2,(H,18,19,20). The fraction of sp³-hybridized carbons (Fsp3) is 0.471. The molecule has 1 spiro atoms. The monoisotopic (exact) mass is 328 g/mol. The minimum atomic E-state index is 0.271. The highest BCUT2D eigenvalue weighted by Crippen LogP contribution is 2.49. The quantitative estimate of drug-likeness (QED) is 0.937. The highest BCUT2D eigenvalue weighted by Gasteiger charge is 2.49. The van der Waals surface area contributed by atoms with Crippen molar-refractivity contribution in [3.05, 3.63) is 41.0 Å². The number of aromatic nitrogens is 2.